The van der Waals surface area contributed by atoms with Gasteiger partial charge >= 0.3 is 5.97 Å². The summed E-state index contributed by atoms with van der Waals surface area (Å²) >= 11 is 0. The maximum Gasteiger partial charge on any atom is 0.359 e. The van der Waals surface area contributed by atoms with Gasteiger partial charge in [-0.05, 0) is 31.5 Å². The number of aryl methyl sites for hydroxylation is 2. The number of ether oxygens (including phenoxy) is 1. The zero-order valence-electron chi connectivity index (χ0n) is 11.4. The lowest BCUT2D eigenvalue weighted by molar-refractivity contribution is 0.0459. The largest absolute Gasteiger partial charge is 0.456 e. The monoisotopic (exact) mass is 277 g/mol. The van der Waals surface area contributed by atoms with Crippen LogP contribution in [0.3, 0.4) is 0 Å². The number of esters is 1. The van der Waals surface area contributed by atoms with Gasteiger partial charge in [0.2, 0.25) is 0 Å². The molecule has 0 atom stereocenters. The fourth-order valence-corrected chi connectivity index (χ4v) is 1.88. The van der Waals surface area contributed by atoms with E-state index < -0.39 is 5.97 Å². The summed E-state index contributed by atoms with van der Waals surface area (Å²) in [4.78, 5) is 12.1. The number of rotatable bonds is 4. The average Bonchev–Trinajstić information content (AvgIpc) is 2.72. The van der Waals surface area contributed by atoms with Gasteiger partial charge in [0.25, 0.3) is 0 Å². The molecule has 2 rings (SSSR count). The molecule has 0 aliphatic rings. The molecular weight excluding hydrogens is 261 g/mol. The first-order valence-corrected chi connectivity index (χ1v) is 6.27. The van der Waals surface area contributed by atoms with Crippen LogP contribution >= 0.6 is 0 Å². The summed E-state index contributed by atoms with van der Waals surface area (Å²) < 4.78 is 19.7. The Morgan fingerprint density at radius 2 is 2.25 bits per heavy atom. The highest BCUT2D eigenvalue weighted by Gasteiger charge is 2.20. The van der Waals surface area contributed by atoms with Crippen LogP contribution in [0.4, 0.5) is 10.1 Å². The average molecular weight is 277 g/mol. The number of carbonyl (C=O) groups excluding carboxylic acids is 1. The summed E-state index contributed by atoms with van der Waals surface area (Å²) in [5.41, 5.74) is 7.55. The second-order valence-corrected chi connectivity index (χ2v) is 4.37. The van der Waals surface area contributed by atoms with Crippen LogP contribution in [0.25, 0.3) is 0 Å². The Balaban J connectivity index is 2.13. The third-order valence-corrected chi connectivity index (χ3v) is 2.93. The van der Waals surface area contributed by atoms with E-state index in [1.807, 2.05) is 6.92 Å². The van der Waals surface area contributed by atoms with Gasteiger partial charge in [-0.1, -0.05) is 12.1 Å². The van der Waals surface area contributed by atoms with Gasteiger partial charge in [0.05, 0.1) is 11.4 Å². The van der Waals surface area contributed by atoms with Crippen molar-refractivity contribution in [2.45, 2.75) is 27.0 Å². The zero-order chi connectivity index (χ0) is 14.7. The van der Waals surface area contributed by atoms with E-state index in [0.29, 0.717) is 23.5 Å². The van der Waals surface area contributed by atoms with E-state index in [4.69, 9.17) is 10.5 Å². The Hall–Kier alpha value is -2.37. The number of benzene rings is 1. The van der Waals surface area contributed by atoms with Crippen LogP contribution < -0.4 is 5.73 Å². The van der Waals surface area contributed by atoms with Gasteiger partial charge < -0.3 is 10.5 Å². The second kappa shape index (κ2) is 5.73. The minimum absolute atomic E-state index is 0.00995. The van der Waals surface area contributed by atoms with Crippen molar-refractivity contribution in [3.05, 3.63) is 47.0 Å². The predicted molar refractivity (Wildman–Crippen MR) is 72.6 cm³/mol. The first kappa shape index (κ1) is 14.0. The van der Waals surface area contributed by atoms with Crippen LogP contribution in [0.5, 0.6) is 0 Å². The number of halogens is 1. The third-order valence-electron chi connectivity index (χ3n) is 2.93. The van der Waals surface area contributed by atoms with Crippen LogP contribution in [0.2, 0.25) is 0 Å². The lowest BCUT2D eigenvalue weighted by Crippen LogP contribution is -2.14. The predicted octanol–water partition coefficient (Wildman–Crippen LogP) is 2.29. The number of hydrogen-bond acceptors (Lipinski definition) is 4. The molecule has 0 radical (unpaired) electrons. The van der Waals surface area contributed by atoms with Gasteiger partial charge in [0, 0.05) is 6.54 Å². The van der Waals surface area contributed by atoms with Crippen molar-refractivity contribution >= 4 is 11.7 Å². The normalized spacial score (nSPS) is 10.6. The van der Waals surface area contributed by atoms with E-state index in [2.05, 4.69) is 5.10 Å². The van der Waals surface area contributed by atoms with E-state index in [1.54, 1.807) is 19.1 Å². The number of carbonyl (C=O) groups is 1. The molecule has 0 amide bonds. The summed E-state index contributed by atoms with van der Waals surface area (Å²) in [5.74, 6) is -0.929. The van der Waals surface area contributed by atoms with E-state index in [1.165, 1.54) is 16.8 Å². The van der Waals surface area contributed by atoms with Crippen molar-refractivity contribution in [1.29, 1.82) is 0 Å². The number of nitrogens with zero attached hydrogens (tertiary/aromatic N) is 2. The molecule has 106 valence electrons. The Kier molecular flexibility index (Phi) is 4.02. The van der Waals surface area contributed by atoms with Gasteiger partial charge in [-0.25, -0.2) is 9.18 Å². The van der Waals surface area contributed by atoms with E-state index in [0.717, 1.165) is 0 Å². The molecule has 5 nitrogen and oxygen atoms in total. The summed E-state index contributed by atoms with van der Waals surface area (Å²) in [6, 6.07) is 5.90. The first-order chi connectivity index (χ1) is 9.52. The van der Waals surface area contributed by atoms with Crippen molar-refractivity contribution < 1.29 is 13.9 Å². The fraction of sp³-hybridized carbons (Fsp3) is 0.286. The van der Waals surface area contributed by atoms with Crippen molar-refractivity contribution in [3.63, 3.8) is 0 Å². The molecule has 0 saturated heterocycles. The van der Waals surface area contributed by atoms with Crippen molar-refractivity contribution in [2.24, 2.45) is 0 Å². The van der Waals surface area contributed by atoms with Crippen LogP contribution in [-0.4, -0.2) is 15.7 Å². The number of aromatic nitrogens is 2. The Bertz CT molecular complexity index is 637. The number of anilines is 1. The highest BCUT2D eigenvalue weighted by molar-refractivity contribution is 5.93. The highest BCUT2D eigenvalue weighted by Crippen LogP contribution is 2.18. The number of nitrogen functional groups attached to an aromatic ring is 1. The topological polar surface area (TPSA) is 70.1 Å². The molecule has 1 aromatic carbocycles. The zero-order valence-corrected chi connectivity index (χ0v) is 11.4. The number of nitrogens with two attached hydrogens (primary N) is 1. The SMILES string of the molecule is CCn1nc(C)c(N)c1C(=O)OCc1cccc(F)c1. The molecule has 20 heavy (non-hydrogen) atoms. The second-order valence-electron chi connectivity index (χ2n) is 4.37. The van der Waals surface area contributed by atoms with Crippen molar-refractivity contribution in [1.82, 2.24) is 9.78 Å². The summed E-state index contributed by atoms with van der Waals surface area (Å²) in [5, 5.41) is 4.15. The fourth-order valence-electron chi connectivity index (χ4n) is 1.88. The Labute approximate surface area is 116 Å². The summed E-state index contributed by atoms with van der Waals surface area (Å²) in [7, 11) is 0. The molecule has 0 saturated carbocycles. The standard InChI is InChI=1S/C14H16FN3O2/c1-3-18-13(12(16)9(2)17-18)14(19)20-8-10-5-4-6-11(15)7-10/h4-7H,3,8,16H2,1-2H3. The maximum atomic E-state index is 13.0. The highest BCUT2D eigenvalue weighted by atomic mass is 19.1. The van der Waals surface area contributed by atoms with Crippen LogP contribution in [0, 0.1) is 12.7 Å². The molecule has 0 bridgehead atoms. The van der Waals surface area contributed by atoms with E-state index in [-0.39, 0.29) is 18.1 Å². The maximum absolute atomic E-state index is 13.0. The van der Waals surface area contributed by atoms with Gasteiger partial charge in [-0.15, -0.1) is 0 Å². The molecule has 2 aromatic rings. The van der Waals surface area contributed by atoms with Crippen LogP contribution in [0.15, 0.2) is 24.3 Å². The van der Waals surface area contributed by atoms with Crippen molar-refractivity contribution in [3.8, 4) is 0 Å². The quantitative estimate of drug-likeness (QED) is 0.870. The summed E-state index contributed by atoms with van der Waals surface area (Å²) in [6.07, 6.45) is 0. The van der Waals surface area contributed by atoms with Gasteiger partial charge in [0.15, 0.2) is 5.69 Å². The van der Waals surface area contributed by atoms with Gasteiger partial charge in [-0.2, -0.15) is 5.10 Å². The molecule has 6 heteroatoms. The molecule has 0 aliphatic carbocycles. The smallest absolute Gasteiger partial charge is 0.359 e. The van der Waals surface area contributed by atoms with Crippen molar-refractivity contribution in [2.75, 3.05) is 5.73 Å². The lowest BCUT2D eigenvalue weighted by Gasteiger charge is -2.07. The molecule has 0 spiro atoms. The van der Waals surface area contributed by atoms with Gasteiger partial charge in [-0.3, -0.25) is 4.68 Å². The van der Waals surface area contributed by atoms with E-state index in [9.17, 15) is 9.18 Å². The molecule has 0 unspecified atom stereocenters. The van der Waals surface area contributed by atoms with Crippen LogP contribution in [-0.2, 0) is 17.9 Å². The summed E-state index contributed by atoms with van der Waals surface area (Å²) in [6.45, 7) is 4.09. The minimum atomic E-state index is -0.561. The first-order valence-electron chi connectivity index (χ1n) is 6.27. The molecule has 1 heterocycles. The molecule has 0 aliphatic heterocycles. The van der Waals surface area contributed by atoms with E-state index >= 15 is 0 Å². The molecule has 2 N–H and O–H groups in total. The Morgan fingerprint density at radius 3 is 2.90 bits per heavy atom. The van der Waals surface area contributed by atoms with Crippen LogP contribution in [0.1, 0.15) is 28.7 Å². The Morgan fingerprint density at radius 1 is 1.50 bits per heavy atom. The lowest BCUT2D eigenvalue weighted by atomic mass is 10.2. The third kappa shape index (κ3) is 2.79. The number of hydrogen-bond donors (Lipinski definition) is 1. The van der Waals surface area contributed by atoms with Gasteiger partial charge in [0.1, 0.15) is 12.4 Å². The molecular formula is C14H16FN3O2. The minimum Gasteiger partial charge on any atom is -0.456 e. The molecule has 0 fully saturated rings. The molecule has 1 aromatic heterocycles.